The topological polar surface area (TPSA) is 74.2 Å². The van der Waals surface area contributed by atoms with Gasteiger partial charge in [-0.15, -0.1) is 11.3 Å². The van der Waals surface area contributed by atoms with E-state index in [1.165, 1.54) is 4.88 Å². The van der Waals surface area contributed by atoms with E-state index in [0.717, 1.165) is 17.6 Å². The van der Waals surface area contributed by atoms with Gasteiger partial charge in [-0.1, -0.05) is 0 Å². The minimum Gasteiger partial charge on any atom is -0.438 e. The number of hydrogen-bond donors (Lipinski definition) is 1. The standard InChI is InChI=1S/C14H15N3O2S/c1-9-13(20-8-16-9)4-5-18-7-14-17-11-3-2-10(15)6-12(11)19-14/h2-3,6,8H,4-5,7,15H2,1H3. The molecule has 5 nitrogen and oxygen atoms in total. The van der Waals surface area contributed by atoms with E-state index in [2.05, 4.69) is 9.97 Å². The number of nitrogen functional groups attached to an aromatic ring is 1. The van der Waals surface area contributed by atoms with E-state index < -0.39 is 0 Å². The van der Waals surface area contributed by atoms with Crippen LogP contribution in [0, 0.1) is 6.92 Å². The third kappa shape index (κ3) is 2.81. The zero-order chi connectivity index (χ0) is 13.9. The van der Waals surface area contributed by atoms with Gasteiger partial charge in [0.15, 0.2) is 5.58 Å². The maximum atomic E-state index is 5.70. The van der Waals surface area contributed by atoms with Crippen molar-refractivity contribution in [1.82, 2.24) is 9.97 Å². The summed E-state index contributed by atoms with van der Waals surface area (Å²) in [6.07, 6.45) is 0.865. The summed E-state index contributed by atoms with van der Waals surface area (Å²) in [6, 6.07) is 5.42. The highest BCUT2D eigenvalue weighted by Crippen LogP contribution is 2.19. The van der Waals surface area contributed by atoms with E-state index in [1.807, 2.05) is 24.6 Å². The molecule has 6 heteroatoms. The molecule has 0 saturated heterocycles. The number of rotatable bonds is 5. The fourth-order valence-corrected chi connectivity index (χ4v) is 2.70. The van der Waals surface area contributed by atoms with Crippen LogP contribution in [0.3, 0.4) is 0 Å². The minimum atomic E-state index is 0.367. The fraction of sp³-hybridized carbons (Fsp3) is 0.286. The van der Waals surface area contributed by atoms with Crippen molar-refractivity contribution in [2.24, 2.45) is 0 Å². The van der Waals surface area contributed by atoms with Crippen molar-refractivity contribution in [3.63, 3.8) is 0 Å². The van der Waals surface area contributed by atoms with Gasteiger partial charge in [0, 0.05) is 23.1 Å². The number of fused-ring (bicyclic) bond motifs is 1. The van der Waals surface area contributed by atoms with Crippen molar-refractivity contribution in [2.45, 2.75) is 20.0 Å². The Hall–Kier alpha value is -1.92. The lowest BCUT2D eigenvalue weighted by Crippen LogP contribution is -1.99. The Morgan fingerprint density at radius 3 is 3.10 bits per heavy atom. The Labute approximate surface area is 120 Å². The molecule has 0 bridgehead atoms. The van der Waals surface area contributed by atoms with Crippen molar-refractivity contribution in [2.75, 3.05) is 12.3 Å². The number of benzene rings is 1. The molecule has 0 spiro atoms. The van der Waals surface area contributed by atoms with Gasteiger partial charge >= 0.3 is 0 Å². The van der Waals surface area contributed by atoms with Crippen LogP contribution in [0.1, 0.15) is 16.5 Å². The lowest BCUT2D eigenvalue weighted by Gasteiger charge is -2.00. The second-order valence-electron chi connectivity index (χ2n) is 4.50. The average molecular weight is 289 g/mol. The maximum absolute atomic E-state index is 5.70. The number of oxazole rings is 1. The van der Waals surface area contributed by atoms with Crippen LogP contribution in [-0.2, 0) is 17.8 Å². The van der Waals surface area contributed by atoms with Gasteiger partial charge in [0.25, 0.3) is 0 Å². The molecule has 1 aromatic carbocycles. The predicted molar refractivity (Wildman–Crippen MR) is 78.6 cm³/mol. The smallest absolute Gasteiger partial charge is 0.221 e. The highest BCUT2D eigenvalue weighted by Gasteiger charge is 2.06. The van der Waals surface area contributed by atoms with E-state index in [1.54, 1.807) is 17.4 Å². The van der Waals surface area contributed by atoms with Gasteiger partial charge < -0.3 is 14.9 Å². The third-order valence-electron chi connectivity index (χ3n) is 3.00. The lowest BCUT2D eigenvalue weighted by atomic mass is 10.3. The Kier molecular flexibility index (Phi) is 3.66. The number of ether oxygens (including phenoxy) is 1. The Morgan fingerprint density at radius 1 is 1.40 bits per heavy atom. The first-order chi connectivity index (χ1) is 9.72. The number of thiazole rings is 1. The van der Waals surface area contributed by atoms with Crippen LogP contribution in [0.5, 0.6) is 0 Å². The fourth-order valence-electron chi connectivity index (χ4n) is 1.94. The van der Waals surface area contributed by atoms with Gasteiger partial charge in [-0.3, -0.25) is 0 Å². The summed E-state index contributed by atoms with van der Waals surface area (Å²) in [5.74, 6) is 0.576. The molecule has 0 saturated carbocycles. The molecule has 0 atom stereocenters. The molecule has 0 aliphatic rings. The van der Waals surface area contributed by atoms with E-state index in [-0.39, 0.29) is 0 Å². The van der Waals surface area contributed by atoms with Crippen LogP contribution < -0.4 is 5.73 Å². The Balaban J connectivity index is 1.56. The molecule has 0 radical (unpaired) electrons. The zero-order valence-corrected chi connectivity index (χ0v) is 11.9. The summed E-state index contributed by atoms with van der Waals surface area (Å²) in [5, 5.41) is 0. The molecule has 0 amide bonds. The number of aromatic nitrogens is 2. The first-order valence-electron chi connectivity index (χ1n) is 6.34. The lowest BCUT2D eigenvalue weighted by molar-refractivity contribution is 0.107. The van der Waals surface area contributed by atoms with Gasteiger partial charge in [-0.2, -0.15) is 0 Å². The van der Waals surface area contributed by atoms with Gasteiger partial charge in [0.05, 0.1) is 17.8 Å². The first kappa shape index (κ1) is 13.1. The molecular weight excluding hydrogens is 274 g/mol. The number of nitrogens with zero attached hydrogens (tertiary/aromatic N) is 2. The van der Waals surface area contributed by atoms with Crippen molar-refractivity contribution in [3.05, 3.63) is 40.2 Å². The van der Waals surface area contributed by atoms with Crippen LogP contribution in [-0.4, -0.2) is 16.6 Å². The maximum Gasteiger partial charge on any atom is 0.221 e. The highest BCUT2D eigenvalue weighted by molar-refractivity contribution is 7.09. The van der Waals surface area contributed by atoms with Crippen LogP contribution >= 0.6 is 11.3 Å². The van der Waals surface area contributed by atoms with Crippen LogP contribution in [0.2, 0.25) is 0 Å². The average Bonchev–Trinajstić information content (AvgIpc) is 3.00. The number of anilines is 1. The molecule has 3 rings (SSSR count). The molecule has 0 aliphatic heterocycles. The van der Waals surface area contributed by atoms with Crippen molar-refractivity contribution in [3.8, 4) is 0 Å². The van der Waals surface area contributed by atoms with Crippen molar-refractivity contribution in [1.29, 1.82) is 0 Å². The van der Waals surface area contributed by atoms with Crippen LogP contribution in [0.15, 0.2) is 28.1 Å². The van der Waals surface area contributed by atoms with Gasteiger partial charge in [-0.25, -0.2) is 9.97 Å². The Bertz CT molecular complexity index is 720. The second-order valence-corrected chi connectivity index (χ2v) is 5.44. The number of aryl methyl sites for hydroxylation is 1. The molecule has 20 heavy (non-hydrogen) atoms. The first-order valence-corrected chi connectivity index (χ1v) is 7.22. The minimum absolute atomic E-state index is 0.367. The predicted octanol–water partition coefficient (Wildman–Crippen LogP) is 2.93. The van der Waals surface area contributed by atoms with Crippen molar-refractivity contribution < 1.29 is 9.15 Å². The molecule has 2 heterocycles. The quantitative estimate of drug-likeness (QED) is 0.577. The summed E-state index contributed by atoms with van der Waals surface area (Å²) < 4.78 is 11.2. The van der Waals surface area contributed by atoms with E-state index in [4.69, 9.17) is 14.9 Å². The highest BCUT2D eigenvalue weighted by atomic mass is 32.1. The molecule has 0 fully saturated rings. The molecule has 104 valence electrons. The molecule has 2 N–H and O–H groups in total. The van der Waals surface area contributed by atoms with E-state index in [9.17, 15) is 0 Å². The number of hydrogen-bond acceptors (Lipinski definition) is 6. The van der Waals surface area contributed by atoms with Crippen molar-refractivity contribution >= 4 is 28.1 Å². The summed E-state index contributed by atoms with van der Waals surface area (Å²) in [6.45, 7) is 3.01. The summed E-state index contributed by atoms with van der Waals surface area (Å²) >= 11 is 1.66. The van der Waals surface area contributed by atoms with Crippen LogP contribution in [0.4, 0.5) is 5.69 Å². The Morgan fingerprint density at radius 2 is 2.30 bits per heavy atom. The second kappa shape index (κ2) is 5.60. The van der Waals surface area contributed by atoms with E-state index in [0.29, 0.717) is 30.4 Å². The molecular formula is C14H15N3O2S. The molecule has 0 unspecified atom stereocenters. The van der Waals surface area contributed by atoms with Gasteiger partial charge in [-0.05, 0) is 19.1 Å². The third-order valence-corrected chi connectivity index (χ3v) is 4.00. The summed E-state index contributed by atoms with van der Waals surface area (Å²) in [7, 11) is 0. The molecule has 0 aliphatic carbocycles. The monoisotopic (exact) mass is 289 g/mol. The SMILES string of the molecule is Cc1ncsc1CCOCc1nc2ccc(N)cc2o1. The normalized spacial score (nSPS) is 11.2. The number of nitrogens with two attached hydrogens (primary N) is 1. The van der Waals surface area contributed by atoms with Gasteiger partial charge in [0.1, 0.15) is 12.1 Å². The van der Waals surface area contributed by atoms with E-state index >= 15 is 0 Å². The molecule has 3 aromatic rings. The van der Waals surface area contributed by atoms with Gasteiger partial charge in [0.2, 0.25) is 5.89 Å². The zero-order valence-electron chi connectivity index (χ0n) is 11.1. The van der Waals surface area contributed by atoms with Crippen LogP contribution in [0.25, 0.3) is 11.1 Å². The molecule has 2 aromatic heterocycles. The summed E-state index contributed by atoms with van der Waals surface area (Å²) in [5.41, 5.74) is 10.8. The largest absolute Gasteiger partial charge is 0.438 e. The summed E-state index contributed by atoms with van der Waals surface area (Å²) in [4.78, 5) is 9.82.